The number of fused-ring (bicyclic) bond motifs is 1. The van der Waals surface area contributed by atoms with Crippen LogP contribution in [0.5, 0.6) is 0 Å². The van der Waals surface area contributed by atoms with Crippen LogP contribution in [0.25, 0.3) is 11.1 Å². The molecule has 1 aromatic heterocycles. The number of nitrogens with zero attached hydrogens (tertiary/aromatic N) is 1. The summed E-state index contributed by atoms with van der Waals surface area (Å²) in [5.74, 6) is -0.556. The predicted octanol–water partition coefficient (Wildman–Crippen LogP) is 0.289. The summed E-state index contributed by atoms with van der Waals surface area (Å²) in [4.78, 5) is 22.6. The Morgan fingerprint density at radius 2 is 2.24 bits per heavy atom. The Hall–Kier alpha value is -2.08. The Kier molecular flexibility index (Phi) is 2.97. The van der Waals surface area contributed by atoms with Crippen LogP contribution in [0.4, 0.5) is 5.69 Å². The van der Waals surface area contributed by atoms with Gasteiger partial charge in [-0.05, 0) is 25.2 Å². The number of benzene rings is 1. The predicted molar refractivity (Wildman–Crippen MR) is 64.0 cm³/mol. The Balaban J connectivity index is 2.34. The number of oxazole rings is 1. The van der Waals surface area contributed by atoms with Crippen molar-refractivity contribution in [2.75, 3.05) is 18.9 Å². The molecule has 0 radical (unpaired) electrons. The maximum absolute atomic E-state index is 11.4. The molecule has 1 aromatic carbocycles. The van der Waals surface area contributed by atoms with Crippen LogP contribution in [-0.4, -0.2) is 24.1 Å². The van der Waals surface area contributed by atoms with Crippen molar-refractivity contribution in [2.45, 2.75) is 0 Å². The highest BCUT2D eigenvalue weighted by molar-refractivity contribution is 5.94. The average molecular weight is 235 g/mol. The van der Waals surface area contributed by atoms with Gasteiger partial charge in [-0.25, -0.2) is 4.79 Å². The zero-order valence-electron chi connectivity index (χ0n) is 9.61. The molecule has 6 heteroatoms. The molecule has 0 atom stereocenters. The van der Waals surface area contributed by atoms with Crippen LogP contribution in [0.15, 0.2) is 27.4 Å². The van der Waals surface area contributed by atoms with E-state index in [-0.39, 0.29) is 12.5 Å². The van der Waals surface area contributed by atoms with Crippen LogP contribution in [0.3, 0.4) is 0 Å². The number of hydrogen-bond donors (Lipinski definition) is 2. The van der Waals surface area contributed by atoms with E-state index >= 15 is 0 Å². The summed E-state index contributed by atoms with van der Waals surface area (Å²) in [7, 11) is 3.32. The van der Waals surface area contributed by atoms with Crippen molar-refractivity contribution < 1.29 is 9.21 Å². The first-order chi connectivity index (χ1) is 8.11. The first-order valence-electron chi connectivity index (χ1n) is 5.16. The molecular formula is C11H13N3O3. The van der Waals surface area contributed by atoms with E-state index in [1.165, 1.54) is 4.57 Å². The highest BCUT2D eigenvalue weighted by atomic mass is 16.4. The lowest BCUT2D eigenvalue weighted by Crippen LogP contribution is -2.25. The molecule has 0 saturated carbocycles. The number of aryl methyl sites for hydroxylation is 1. The average Bonchev–Trinajstić information content (AvgIpc) is 2.56. The molecule has 0 aliphatic rings. The van der Waals surface area contributed by atoms with Crippen molar-refractivity contribution in [3.8, 4) is 0 Å². The minimum Gasteiger partial charge on any atom is -0.408 e. The fraction of sp³-hybridized carbons (Fsp3) is 0.273. The first-order valence-corrected chi connectivity index (χ1v) is 5.16. The molecule has 0 fully saturated rings. The van der Waals surface area contributed by atoms with E-state index in [9.17, 15) is 9.59 Å². The molecule has 0 unspecified atom stereocenters. The highest BCUT2D eigenvalue weighted by Gasteiger charge is 2.07. The number of rotatable bonds is 3. The second-order valence-corrected chi connectivity index (χ2v) is 3.69. The van der Waals surface area contributed by atoms with Crippen LogP contribution >= 0.6 is 0 Å². The lowest BCUT2D eigenvalue weighted by Gasteiger charge is -2.04. The number of nitrogens with one attached hydrogen (secondary N) is 2. The van der Waals surface area contributed by atoms with Gasteiger partial charge in [0.05, 0.1) is 12.1 Å². The third-order valence-corrected chi connectivity index (χ3v) is 2.41. The van der Waals surface area contributed by atoms with Crippen molar-refractivity contribution >= 4 is 22.7 Å². The lowest BCUT2D eigenvalue weighted by molar-refractivity contribution is -0.115. The number of likely N-dealkylation sites (N-methyl/N-ethyl adjacent to an activating group) is 1. The van der Waals surface area contributed by atoms with Crippen molar-refractivity contribution in [3.05, 3.63) is 28.7 Å². The van der Waals surface area contributed by atoms with Crippen LogP contribution in [0.2, 0.25) is 0 Å². The monoisotopic (exact) mass is 235 g/mol. The Bertz CT molecular complexity index is 612. The van der Waals surface area contributed by atoms with E-state index in [1.807, 2.05) is 0 Å². The van der Waals surface area contributed by atoms with Crippen LogP contribution in [-0.2, 0) is 11.8 Å². The molecule has 6 nitrogen and oxygen atoms in total. The van der Waals surface area contributed by atoms with Crippen LogP contribution in [0.1, 0.15) is 0 Å². The standard InChI is InChI=1S/C11H13N3O3/c1-12-6-10(15)13-7-3-4-9-8(5-7)14(2)11(16)17-9/h3-5,12H,6H2,1-2H3,(H,13,15). The number of aromatic nitrogens is 1. The minimum atomic E-state index is -0.418. The smallest absolute Gasteiger partial charge is 0.408 e. The molecule has 0 bridgehead atoms. The van der Waals surface area contributed by atoms with Gasteiger partial charge < -0.3 is 15.1 Å². The van der Waals surface area contributed by atoms with E-state index in [2.05, 4.69) is 10.6 Å². The molecule has 0 spiro atoms. The zero-order valence-corrected chi connectivity index (χ0v) is 9.61. The van der Waals surface area contributed by atoms with Crippen LogP contribution < -0.4 is 16.4 Å². The molecular weight excluding hydrogens is 222 g/mol. The van der Waals surface area contributed by atoms with Gasteiger partial charge in [-0.15, -0.1) is 0 Å². The summed E-state index contributed by atoms with van der Waals surface area (Å²) < 4.78 is 6.38. The third-order valence-electron chi connectivity index (χ3n) is 2.41. The molecule has 0 aliphatic carbocycles. The molecule has 2 N–H and O–H groups in total. The largest absolute Gasteiger partial charge is 0.419 e. The van der Waals surface area contributed by atoms with Gasteiger partial charge in [0.25, 0.3) is 0 Å². The molecule has 17 heavy (non-hydrogen) atoms. The molecule has 0 aliphatic heterocycles. The molecule has 2 aromatic rings. The van der Waals surface area contributed by atoms with Gasteiger partial charge >= 0.3 is 5.76 Å². The number of carbonyl (C=O) groups is 1. The van der Waals surface area contributed by atoms with Crippen molar-refractivity contribution in [1.29, 1.82) is 0 Å². The highest BCUT2D eigenvalue weighted by Crippen LogP contribution is 2.17. The Labute approximate surface area is 97.2 Å². The van der Waals surface area contributed by atoms with Gasteiger partial charge in [0, 0.05) is 12.7 Å². The first kappa shape index (κ1) is 11.4. The van der Waals surface area contributed by atoms with E-state index < -0.39 is 5.76 Å². The number of anilines is 1. The van der Waals surface area contributed by atoms with E-state index in [1.54, 1.807) is 32.3 Å². The van der Waals surface area contributed by atoms with Gasteiger partial charge in [0.1, 0.15) is 0 Å². The van der Waals surface area contributed by atoms with Gasteiger partial charge in [0.2, 0.25) is 5.91 Å². The summed E-state index contributed by atoms with van der Waals surface area (Å²) >= 11 is 0. The van der Waals surface area contributed by atoms with Gasteiger partial charge in [-0.2, -0.15) is 0 Å². The Morgan fingerprint density at radius 1 is 1.47 bits per heavy atom. The molecule has 90 valence electrons. The van der Waals surface area contributed by atoms with Crippen LogP contribution in [0, 0.1) is 0 Å². The van der Waals surface area contributed by atoms with Gasteiger partial charge in [0.15, 0.2) is 5.58 Å². The maximum Gasteiger partial charge on any atom is 0.419 e. The molecule has 0 saturated heterocycles. The zero-order chi connectivity index (χ0) is 12.4. The fourth-order valence-corrected chi connectivity index (χ4v) is 1.57. The van der Waals surface area contributed by atoms with Gasteiger partial charge in [-0.3, -0.25) is 9.36 Å². The number of amides is 1. The minimum absolute atomic E-state index is 0.139. The van der Waals surface area contributed by atoms with E-state index in [4.69, 9.17) is 4.42 Å². The van der Waals surface area contributed by atoms with Gasteiger partial charge in [-0.1, -0.05) is 0 Å². The summed E-state index contributed by atoms with van der Waals surface area (Å²) in [6.45, 7) is 0.238. The second kappa shape index (κ2) is 4.42. The Morgan fingerprint density at radius 3 is 2.94 bits per heavy atom. The number of hydrogen-bond acceptors (Lipinski definition) is 4. The summed E-state index contributed by atoms with van der Waals surface area (Å²) in [6.07, 6.45) is 0. The fourth-order valence-electron chi connectivity index (χ4n) is 1.57. The van der Waals surface area contributed by atoms with Crippen molar-refractivity contribution in [2.24, 2.45) is 7.05 Å². The van der Waals surface area contributed by atoms with E-state index in [0.717, 1.165) is 0 Å². The number of carbonyl (C=O) groups excluding carboxylic acids is 1. The quantitative estimate of drug-likeness (QED) is 0.801. The molecule has 1 amide bonds. The lowest BCUT2D eigenvalue weighted by atomic mass is 10.3. The van der Waals surface area contributed by atoms with Crippen molar-refractivity contribution in [1.82, 2.24) is 9.88 Å². The third kappa shape index (κ3) is 2.21. The molecule has 1 heterocycles. The van der Waals surface area contributed by atoms with E-state index in [0.29, 0.717) is 16.8 Å². The topological polar surface area (TPSA) is 76.3 Å². The normalized spacial score (nSPS) is 10.7. The van der Waals surface area contributed by atoms with Crippen molar-refractivity contribution in [3.63, 3.8) is 0 Å². The summed E-state index contributed by atoms with van der Waals surface area (Å²) in [5, 5.41) is 5.47. The summed E-state index contributed by atoms with van der Waals surface area (Å²) in [6, 6.07) is 5.05. The maximum atomic E-state index is 11.4. The SMILES string of the molecule is CNCC(=O)Nc1ccc2oc(=O)n(C)c2c1. The molecule has 2 rings (SSSR count). The summed E-state index contributed by atoms with van der Waals surface area (Å²) in [5.41, 5.74) is 1.79. The second-order valence-electron chi connectivity index (χ2n) is 3.69.